The molecule has 1 N–H and O–H groups in total. The van der Waals surface area contributed by atoms with Gasteiger partial charge in [0.25, 0.3) is 0 Å². The summed E-state index contributed by atoms with van der Waals surface area (Å²) in [5.41, 5.74) is 4.45. The second-order valence-electron chi connectivity index (χ2n) is 9.47. The normalized spacial score (nSPS) is 18.9. The Morgan fingerprint density at radius 1 is 1.00 bits per heavy atom. The number of nitrogens with one attached hydrogen (secondary N) is 1. The van der Waals surface area contributed by atoms with Gasteiger partial charge in [-0.1, -0.05) is 37.1 Å². The van der Waals surface area contributed by atoms with Gasteiger partial charge in [-0.25, -0.2) is 8.42 Å². The molecule has 5 nitrogen and oxygen atoms in total. The number of carbonyl (C=O) groups excluding carboxylic acids is 1. The van der Waals surface area contributed by atoms with Crippen LogP contribution in [0.5, 0.6) is 0 Å². The third-order valence-electron chi connectivity index (χ3n) is 7.02. The number of rotatable bonds is 6. The van der Waals surface area contributed by atoms with Crippen LogP contribution in [0.25, 0.3) is 0 Å². The highest BCUT2D eigenvalue weighted by Gasteiger charge is 2.53. The summed E-state index contributed by atoms with van der Waals surface area (Å²) in [7, 11) is -3.83. The van der Waals surface area contributed by atoms with Crippen molar-refractivity contribution >= 4 is 33.2 Å². The lowest BCUT2D eigenvalue weighted by Crippen LogP contribution is -2.47. The van der Waals surface area contributed by atoms with Crippen LogP contribution in [0.2, 0.25) is 0 Å². The molecule has 2 aliphatic rings. The molecule has 178 valence electrons. The third-order valence-corrected chi connectivity index (χ3v) is 10.6. The Morgan fingerprint density at radius 3 is 2.36 bits per heavy atom. The van der Waals surface area contributed by atoms with Crippen LogP contribution in [0, 0.1) is 20.8 Å². The Bertz CT molecular complexity index is 1130. The van der Waals surface area contributed by atoms with E-state index in [-0.39, 0.29) is 4.90 Å². The largest absolute Gasteiger partial charge is 0.324 e. The Hall–Kier alpha value is -1.83. The quantitative estimate of drug-likeness (QED) is 0.630. The maximum absolute atomic E-state index is 13.9. The molecule has 0 unspecified atom stereocenters. The standard InChI is InChI=1S/C26H34N2O3S2/c1-19-6-7-20(2)24(16-19)33(30,31)26(10-4-5-11-26)25(29)27-23-9-8-22(17-21(23)3)18-28-12-14-32-15-13-28/h6-9,16-17H,4-5,10-15,18H2,1-3H3,(H,27,29). The molecule has 0 aromatic heterocycles. The van der Waals surface area contributed by atoms with Crippen molar-refractivity contribution in [2.24, 2.45) is 0 Å². The SMILES string of the molecule is Cc1ccc(C)c(S(=O)(=O)C2(C(=O)Nc3ccc(CN4CCSCC4)cc3C)CCCC2)c1. The van der Waals surface area contributed by atoms with Gasteiger partial charge >= 0.3 is 0 Å². The van der Waals surface area contributed by atoms with Gasteiger partial charge in [0.05, 0.1) is 4.90 Å². The monoisotopic (exact) mass is 486 g/mol. The molecule has 1 amide bonds. The lowest BCUT2D eigenvalue weighted by Gasteiger charge is -2.29. The van der Waals surface area contributed by atoms with E-state index in [0.29, 0.717) is 24.1 Å². The molecule has 0 radical (unpaired) electrons. The van der Waals surface area contributed by atoms with Gasteiger partial charge in [-0.05, 0) is 68.0 Å². The zero-order valence-corrected chi connectivity index (χ0v) is 21.4. The van der Waals surface area contributed by atoms with E-state index >= 15 is 0 Å². The lowest BCUT2D eigenvalue weighted by atomic mass is 10.0. The van der Waals surface area contributed by atoms with Gasteiger partial charge in [0.15, 0.2) is 14.6 Å². The van der Waals surface area contributed by atoms with Crippen LogP contribution in [-0.4, -0.2) is 48.6 Å². The summed E-state index contributed by atoms with van der Waals surface area (Å²) in [4.78, 5) is 16.3. The average molecular weight is 487 g/mol. The molecule has 1 aliphatic heterocycles. The van der Waals surface area contributed by atoms with Crippen molar-refractivity contribution in [3.8, 4) is 0 Å². The fourth-order valence-electron chi connectivity index (χ4n) is 4.99. The molecule has 33 heavy (non-hydrogen) atoms. The molecule has 0 bridgehead atoms. The molecule has 2 fully saturated rings. The maximum atomic E-state index is 13.9. The van der Waals surface area contributed by atoms with Gasteiger partial charge in [0, 0.05) is 36.8 Å². The number of aryl methyl sites for hydroxylation is 3. The van der Waals surface area contributed by atoms with Crippen LogP contribution in [0.3, 0.4) is 0 Å². The minimum Gasteiger partial charge on any atom is -0.324 e. The first kappa shape index (κ1) is 24.3. The van der Waals surface area contributed by atoms with Crippen molar-refractivity contribution in [2.75, 3.05) is 29.9 Å². The van der Waals surface area contributed by atoms with Crippen molar-refractivity contribution in [1.29, 1.82) is 0 Å². The maximum Gasteiger partial charge on any atom is 0.246 e. The van der Waals surface area contributed by atoms with Gasteiger partial charge in [-0.15, -0.1) is 0 Å². The first-order valence-electron chi connectivity index (χ1n) is 11.8. The number of thioether (sulfide) groups is 1. The van der Waals surface area contributed by atoms with Gasteiger partial charge < -0.3 is 5.32 Å². The van der Waals surface area contributed by atoms with E-state index in [1.54, 1.807) is 13.0 Å². The van der Waals surface area contributed by atoms with E-state index in [2.05, 4.69) is 16.3 Å². The Balaban J connectivity index is 1.58. The zero-order chi connectivity index (χ0) is 23.6. The molecule has 1 heterocycles. The number of anilines is 1. The van der Waals surface area contributed by atoms with E-state index in [9.17, 15) is 13.2 Å². The number of benzene rings is 2. The summed E-state index contributed by atoms with van der Waals surface area (Å²) in [6.07, 6.45) is 2.20. The van der Waals surface area contributed by atoms with Crippen molar-refractivity contribution in [3.63, 3.8) is 0 Å². The molecule has 7 heteroatoms. The molecule has 2 aromatic rings. The molecular weight excluding hydrogens is 452 g/mol. The minimum absolute atomic E-state index is 0.284. The summed E-state index contributed by atoms with van der Waals surface area (Å²) in [6, 6.07) is 11.5. The van der Waals surface area contributed by atoms with Crippen LogP contribution in [0.4, 0.5) is 5.69 Å². The van der Waals surface area contributed by atoms with Gasteiger partial charge in [-0.3, -0.25) is 9.69 Å². The van der Waals surface area contributed by atoms with Gasteiger partial charge in [-0.2, -0.15) is 11.8 Å². The topological polar surface area (TPSA) is 66.5 Å². The Morgan fingerprint density at radius 2 is 1.70 bits per heavy atom. The molecular formula is C26H34N2O3S2. The van der Waals surface area contributed by atoms with E-state index in [1.165, 1.54) is 17.1 Å². The van der Waals surface area contributed by atoms with Crippen LogP contribution >= 0.6 is 11.8 Å². The predicted octanol–water partition coefficient (Wildman–Crippen LogP) is 4.89. The highest BCUT2D eigenvalue weighted by molar-refractivity contribution is 7.99. The minimum atomic E-state index is -3.83. The number of sulfone groups is 1. The third kappa shape index (κ3) is 4.86. The van der Waals surface area contributed by atoms with Crippen LogP contribution in [-0.2, 0) is 21.2 Å². The molecule has 1 aliphatic carbocycles. The van der Waals surface area contributed by atoms with Crippen molar-refractivity contribution in [3.05, 3.63) is 58.7 Å². The number of hydrogen-bond acceptors (Lipinski definition) is 5. The summed E-state index contributed by atoms with van der Waals surface area (Å²) in [5, 5.41) is 3.00. The molecule has 1 saturated heterocycles. The van der Waals surface area contributed by atoms with Crippen molar-refractivity contribution < 1.29 is 13.2 Å². The predicted molar refractivity (Wildman–Crippen MR) is 137 cm³/mol. The number of hydrogen-bond donors (Lipinski definition) is 1. The zero-order valence-electron chi connectivity index (χ0n) is 19.8. The molecule has 0 spiro atoms. The molecule has 4 rings (SSSR count). The van der Waals surface area contributed by atoms with Gasteiger partial charge in [0.1, 0.15) is 0 Å². The highest BCUT2D eigenvalue weighted by Crippen LogP contribution is 2.42. The van der Waals surface area contributed by atoms with Crippen molar-refractivity contribution in [2.45, 2.75) is 62.6 Å². The molecule has 2 aromatic carbocycles. The van der Waals surface area contributed by atoms with Crippen molar-refractivity contribution in [1.82, 2.24) is 4.90 Å². The van der Waals surface area contributed by atoms with E-state index in [0.717, 1.165) is 43.6 Å². The number of carbonyl (C=O) groups is 1. The Kier molecular flexibility index (Phi) is 7.22. The summed E-state index contributed by atoms with van der Waals surface area (Å²) in [6.45, 7) is 8.76. The van der Waals surface area contributed by atoms with E-state index in [4.69, 9.17) is 0 Å². The molecule has 0 atom stereocenters. The highest BCUT2D eigenvalue weighted by atomic mass is 32.2. The smallest absolute Gasteiger partial charge is 0.246 e. The average Bonchev–Trinajstić information content (AvgIpc) is 3.30. The first-order chi connectivity index (χ1) is 15.7. The van der Waals surface area contributed by atoms with Gasteiger partial charge in [0.2, 0.25) is 5.91 Å². The fourth-order valence-corrected chi connectivity index (χ4v) is 8.34. The second kappa shape index (κ2) is 9.80. The lowest BCUT2D eigenvalue weighted by molar-refractivity contribution is -0.118. The number of amides is 1. The first-order valence-corrected chi connectivity index (χ1v) is 14.4. The van der Waals surface area contributed by atoms with Crippen LogP contribution in [0.1, 0.15) is 47.9 Å². The molecule has 1 saturated carbocycles. The van der Waals surface area contributed by atoms with Crippen LogP contribution < -0.4 is 5.32 Å². The van der Waals surface area contributed by atoms with E-state index in [1.807, 2.05) is 49.9 Å². The fraction of sp³-hybridized carbons (Fsp3) is 0.500. The number of nitrogens with zero attached hydrogens (tertiary/aromatic N) is 1. The summed E-state index contributed by atoms with van der Waals surface area (Å²) < 4.78 is 26.3. The van der Waals surface area contributed by atoms with Crippen LogP contribution in [0.15, 0.2) is 41.3 Å². The summed E-state index contributed by atoms with van der Waals surface area (Å²) in [5.74, 6) is 1.94. The van der Waals surface area contributed by atoms with E-state index < -0.39 is 20.5 Å². The second-order valence-corrected chi connectivity index (χ2v) is 12.9. The summed E-state index contributed by atoms with van der Waals surface area (Å²) >= 11 is 2.00. The Labute approximate surface area is 202 Å².